The Kier molecular flexibility index (Phi) is 6.02. The van der Waals surface area contributed by atoms with E-state index < -0.39 is 0 Å². The molecule has 1 unspecified atom stereocenters. The quantitative estimate of drug-likeness (QED) is 0.562. The number of esters is 1. The summed E-state index contributed by atoms with van der Waals surface area (Å²) in [5.74, 6) is 1.71. The number of rotatable bonds is 7. The molecule has 3 heterocycles. The number of carbonyl (C=O) groups is 1. The first kappa shape index (κ1) is 19.4. The number of para-hydroxylation sites is 1. The smallest absolute Gasteiger partial charge is 0.303 e. The molecular weight excluding hydrogens is 374 g/mol. The first-order valence-electron chi connectivity index (χ1n) is 9.55. The van der Waals surface area contributed by atoms with Crippen molar-refractivity contribution in [3.8, 4) is 5.88 Å². The number of aromatic nitrogens is 2. The van der Waals surface area contributed by atoms with Gasteiger partial charge in [0.15, 0.2) is 0 Å². The monoisotopic (exact) mass is 397 g/mol. The Morgan fingerprint density at radius 3 is 2.97 bits per heavy atom. The molecule has 4 rings (SSSR count). The number of benzene rings is 1. The van der Waals surface area contributed by atoms with E-state index in [1.165, 1.54) is 13.3 Å². The van der Waals surface area contributed by atoms with Crippen molar-refractivity contribution in [1.82, 2.24) is 14.9 Å². The zero-order valence-electron chi connectivity index (χ0n) is 16.2. The third-order valence-electron chi connectivity index (χ3n) is 4.65. The second-order valence-corrected chi connectivity index (χ2v) is 6.88. The molecule has 8 nitrogen and oxygen atoms in total. The van der Waals surface area contributed by atoms with E-state index in [1.54, 1.807) is 0 Å². The van der Waals surface area contributed by atoms with Crippen LogP contribution in [0, 0.1) is 0 Å². The third kappa shape index (κ3) is 5.10. The number of fused-ring (bicyclic) bond motifs is 1. The molecule has 1 aliphatic rings. The number of hydrogen-bond acceptors (Lipinski definition) is 8. The molecular formula is C21H23N3O5. The van der Waals surface area contributed by atoms with Crippen molar-refractivity contribution in [2.24, 2.45) is 0 Å². The second kappa shape index (κ2) is 9.02. The molecule has 8 heteroatoms. The lowest BCUT2D eigenvalue weighted by molar-refractivity contribution is -0.142. The van der Waals surface area contributed by atoms with Crippen molar-refractivity contribution in [1.29, 1.82) is 0 Å². The van der Waals surface area contributed by atoms with Crippen molar-refractivity contribution in [3.05, 3.63) is 54.2 Å². The predicted octanol–water partition coefficient (Wildman–Crippen LogP) is 2.57. The van der Waals surface area contributed by atoms with Crippen LogP contribution in [0.1, 0.15) is 18.4 Å². The third-order valence-corrected chi connectivity index (χ3v) is 4.65. The van der Waals surface area contributed by atoms with E-state index in [0.29, 0.717) is 31.4 Å². The van der Waals surface area contributed by atoms with E-state index in [1.807, 2.05) is 36.4 Å². The molecule has 0 saturated carbocycles. The number of morpholine rings is 1. The van der Waals surface area contributed by atoms with Crippen molar-refractivity contribution >= 4 is 16.9 Å². The van der Waals surface area contributed by atoms with E-state index in [9.17, 15) is 4.79 Å². The fourth-order valence-electron chi connectivity index (χ4n) is 3.27. The average Bonchev–Trinajstić information content (AvgIpc) is 3.18. The van der Waals surface area contributed by atoms with Crippen LogP contribution in [0.25, 0.3) is 10.9 Å². The van der Waals surface area contributed by atoms with Gasteiger partial charge >= 0.3 is 5.97 Å². The number of carbonyl (C=O) groups excluding carboxylic acids is 1. The maximum absolute atomic E-state index is 10.9. The zero-order chi connectivity index (χ0) is 20.1. The first-order valence-corrected chi connectivity index (χ1v) is 9.55. The molecule has 1 aromatic carbocycles. The molecule has 152 valence electrons. The lowest BCUT2D eigenvalue weighted by Gasteiger charge is -2.32. The minimum Gasteiger partial charge on any atom is -0.474 e. The largest absolute Gasteiger partial charge is 0.474 e. The second-order valence-electron chi connectivity index (χ2n) is 6.88. The Bertz CT molecular complexity index is 968. The van der Waals surface area contributed by atoms with Gasteiger partial charge in [0.05, 0.1) is 24.1 Å². The van der Waals surface area contributed by atoms with Crippen molar-refractivity contribution in [2.75, 3.05) is 26.3 Å². The highest BCUT2D eigenvalue weighted by Gasteiger charge is 2.22. The van der Waals surface area contributed by atoms with Gasteiger partial charge in [-0.1, -0.05) is 12.1 Å². The van der Waals surface area contributed by atoms with Gasteiger partial charge in [-0.05, 0) is 24.3 Å². The number of nitrogens with zero attached hydrogens (tertiary/aromatic N) is 3. The summed E-state index contributed by atoms with van der Waals surface area (Å²) in [4.78, 5) is 21.7. The SMILES string of the molecule is CC(=O)OCc1ccc(CN2CCOC(COc3ncnc4ccccc34)C2)o1. The number of furan rings is 1. The van der Waals surface area contributed by atoms with Crippen molar-refractivity contribution < 1.29 is 23.4 Å². The molecule has 0 radical (unpaired) electrons. The maximum Gasteiger partial charge on any atom is 0.303 e. The van der Waals surface area contributed by atoms with Gasteiger partial charge in [0, 0.05) is 20.0 Å². The molecule has 2 aromatic heterocycles. The summed E-state index contributed by atoms with van der Waals surface area (Å²) in [5, 5.41) is 0.888. The van der Waals surface area contributed by atoms with Crippen LogP contribution in [0.2, 0.25) is 0 Å². The molecule has 1 aliphatic heterocycles. The molecule has 0 aliphatic carbocycles. The van der Waals surface area contributed by atoms with Gasteiger partial charge in [-0.15, -0.1) is 0 Å². The van der Waals surface area contributed by atoms with Gasteiger partial charge in [-0.2, -0.15) is 0 Å². The standard InChI is InChI=1S/C21H23N3O5/c1-15(25)27-12-17-7-6-16(29-17)10-24-8-9-26-18(11-24)13-28-21-19-4-2-3-5-20(19)22-14-23-21/h2-7,14,18H,8-13H2,1H3. The molecule has 0 spiro atoms. The molecule has 0 bridgehead atoms. The average molecular weight is 397 g/mol. The van der Waals surface area contributed by atoms with E-state index >= 15 is 0 Å². The molecule has 3 aromatic rings. The number of ether oxygens (including phenoxy) is 3. The van der Waals surface area contributed by atoms with Crippen LogP contribution < -0.4 is 4.74 Å². The fourth-order valence-corrected chi connectivity index (χ4v) is 3.27. The van der Waals surface area contributed by atoms with Crippen LogP contribution in [0.4, 0.5) is 0 Å². The minimum absolute atomic E-state index is 0.0621. The molecule has 1 atom stereocenters. The Hall–Kier alpha value is -2.97. The molecule has 0 amide bonds. The minimum atomic E-state index is -0.324. The van der Waals surface area contributed by atoms with Crippen LogP contribution in [-0.2, 0) is 27.4 Å². The summed E-state index contributed by atoms with van der Waals surface area (Å²) in [7, 11) is 0. The topological polar surface area (TPSA) is 86.9 Å². The van der Waals surface area contributed by atoms with Gasteiger partial charge in [-0.25, -0.2) is 9.97 Å². The Morgan fingerprint density at radius 1 is 1.21 bits per heavy atom. The summed E-state index contributed by atoms with van der Waals surface area (Å²) in [5.41, 5.74) is 0.853. The fraction of sp³-hybridized carbons (Fsp3) is 0.381. The zero-order valence-corrected chi connectivity index (χ0v) is 16.2. The van der Waals surface area contributed by atoms with E-state index in [-0.39, 0.29) is 18.7 Å². The van der Waals surface area contributed by atoms with Crippen molar-refractivity contribution in [2.45, 2.75) is 26.2 Å². The Labute approximate surface area is 168 Å². The Balaban J connectivity index is 1.31. The first-order chi connectivity index (χ1) is 14.2. The summed E-state index contributed by atoms with van der Waals surface area (Å²) in [6.45, 7) is 4.77. The lowest BCUT2D eigenvalue weighted by atomic mass is 10.2. The van der Waals surface area contributed by atoms with Crippen LogP contribution in [-0.4, -0.2) is 53.2 Å². The molecule has 0 N–H and O–H groups in total. The Morgan fingerprint density at radius 2 is 2.07 bits per heavy atom. The van der Waals surface area contributed by atoms with Gasteiger partial charge in [-0.3, -0.25) is 9.69 Å². The van der Waals surface area contributed by atoms with Crippen LogP contribution >= 0.6 is 0 Å². The van der Waals surface area contributed by atoms with Gasteiger partial charge in [0.25, 0.3) is 0 Å². The van der Waals surface area contributed by atoms with Gasteiger partial charge in [0.2, 0.25) is 5.88 Å². The van der Waals surface area contributed by atoms with Gasteiger partial charge in [0.1, 0.15) is 37.2 Å². The molecule has 1 saturated heterocycles. The van der Waals surface area contributed by atoms with E-state index in [4.69, 9.17) is 18.6 Å². The predicted molar refractivity (Wildman–Crippen MR) is 104 cm³/mol. The lowest BCUT2D eigenvalue weighted by Crippen LogP contribution is -2.44. The van der Waals surface area contributed by atoms with Gasteiger partial charge < -0.3 is 18.6 Å². The molecule has 1 fully saturated rings. The van der Waals surface area contributed by atoms with E-state index in [0.717, 1.165) is 29.8 Å². The number of hydrogen-bond donors (Lipinski definition) is 0. The highest BCUT2D eigenvalue weighted by molar-refractivity contribution is 5.82. The summed E-state index contributed by atoms with van der Waals surface area (Å²) < 4.78 is 22.5. The summed E-state index contributed by atoms with van der Waals surface area (Å²) >= 11 is 0. The highest BCUT2D eigenvalue weighted by Crippen LogP contribution is 2.21. The van der Waals surface area contributed by atoms with Crippen LogP contribution in [0.15, 0.2) is 47.1 Å². The summed E-state index contributed by atoms with van der Waals surface area (Å²) in [6, 6.07) is 11.5. The maximum atomic E-state index is 10.9. The molecule has 29 heavy (non-hydrogen) atoms. The van der Waals surface area contributed by atoms with Crippen molar-refractivity contribution in [3.63, 3.8) is 0 Å². The van der Waals surface area contributed by atoms with Crippen LogP contribution in [0.3, 0.4) is 0 Å². The normalized spacial score (nSPS) is 17.3. The highest BCUT2D eigenvalue weighted by atomic mass is 16.5. The van der Waals surface area contributed by atoms with Crippen LogP contribution in [0.5, 0.6) is 5.88 Å². The summed E-state index contributed by atoms with van der Waals surface area (Å²) in [6.07, 6.45) is 1.45. The van der Waals surface area contributed by atoms with E-state index in [2.05, 4.69) is 14.9 Å².